The molecule has 0 amide bonds. The first kappa shape index (κ1) is 14.5. The van der Waals surface area contributed by atoms with Crippen molar-refractivity contribution in [3.63, 3.8) is 0 Å². The van der Waals surface area contributed by atoms with E-state index in [1.54, 1.807) is 5.57 Å². The summed E-state index contributed by atoms with van der Waals surface area (Å²) in [4.78, 5) is 0. The molecule has 0 heteroatoms. The molecule has 0 radical (unpaired) electrons. The third-order valence-corrected chi connectivity index (χ3v) is 6.75. The Balaban J connectivity index is 1.86. The van der Waals surface area contributed by atoms with Crippen molar-refractivity contribution < 1.29 is 0 Å². The zero-order chi connectivity index (χ0) is 14.1. The quantitative estimate of drug-likeness (QED) is 0.515. The summed E-state index contributed by atoms with van der Waals surface area (Å²) in [5.41, 5.74) is 5.47. The largest absolute Gasteiger partial charge is 0.125 e. The number of hydrogen-bond donors (Lipinski definition) is 0. The zero-order valence-electron chi connectivity index (χ0n) is 13.7. The lowest BCUT2D eigenvalue weighted by atomic mass is 9.71. The van der Waals surface area contributed by atoms with E-state index in [0.29, 0.717) is 0 Å². The van der Waals surface area contributed by atoms with E-state index in [1.165, 1.54) is 51.4 Å². The standard InChI is InChI=1S/C20H32/c1-4-16-12-19-6-5-14(2)17-7-9-18(10-8-17)15(3)11-20(19)13-16/h5,14-18,20H,4,7-13H2,1-3H3/t6?,14?,15?,16-,17?,18?,20-/m1/s1. The normalized spacial score (nSPS) is 44.9. The Morgan fingerprint density at radius 2 is 1.75 bits per heavy atom. The molecule has 4 aliphatic carbocycles. The van der Waals surface area contributed by atoms with Crippen molar-refractivity contribution >= 4 is 0 Å². The van der Waals surface area contributed by atoms with E-state index in [-0.39, 0.29) is 0 Å². The third kappa shape index (κ3) is 2.91. The van der Waals surface area contributed by atoms with E-state index in [9.17, 15) is 0 Å². The molecule has 2 bridgehead atoms. The van der Waals surface area contributed by atoms with Crippen molar-refractivity contribution in [3.05, 3.63) is 17.4 Å². The van der Waals surface area contributed by atoms with E-state index >= 15 is 0 Å². The molecule has 20 heavy (non-hydrogen) atoms. The average Bonchev–Trinajstić information content (AvgIpc) is 2.85. The van der Waals surface area contributed by atoms with Gasteiger partial charge in [0.15, 0.2) is 0 Å². The number of allylic oxidation sites excluding steroid dienone is 1. The van der Waals surface area contributed by atoms with E-state index in [0.717, 1.165) is 35.5 Å². The highest BCUT2D eigenvalue weighted by Crippen LogP contribution is 2.45. The minimum atomic E-state index is 0.748. The summed E-state index contributed by atoms with van der Waals surface area (Å²) in [6, 6.07) is 0. The minimum absolute atomic E-state index is 0.748. The highest BCUT2D eigenvalue weighted by molar-refractivity contribution is 5.14. The van der Waals surface area contributed by atoms with Crippen LogP contribution in [0.1, 0.15) is 72.1 Å². The van der Waals surface area contributed by atoms with Crippen LogP contribution >= 0.6 is 0 Å². The van der Waals surface area contributed by atoms with E-state index in [4.69, 9.17) is 0 Å². The van der Waals surface area contributed by atoms with E-state index < -0.39 is 0 Å². The highest BCUT2D eigenvalue weighted by Gasteiger charge is 2.33. The van der Waals surface area contributed by atoms with Crippen molar-refractivity contribution in [2.45, 2.75) is 72.1 Å². The zero-order valence-corrected chi connectivity index (χ0v) is 13.7. The van der Waals surface area contributed by atoms with Crippen LogP contribution in [-0.4, -0.2) is 0 Å². The lowest BCUT2D eigenvalue weighted by Gasteiger charge is -2.34. The van der Waals surface area contributed by atoms with Gasteiger partial charge in [0.1, 0.15) is 0 Å². The van der Waals surface area contributed by atoms with Gasteiger partial charge in [0.25, 0.3) is 0 Å². The Morgan fingerprint density at radius 3 is 2.45 bits per heavy atom. The minimum Gasteiger partial charge on any atom is -0.125 e. The van der Waals surface area contributed by atoms with Crippen LogP contribution in [0.5, 0.6) is 0 Å². The molecule has 0 aromatic rings. The summed E-state index contributed by atoms with van der Waals surface area (Å²) in [5.74, 6) is 5.43. The molecule has 0 N–H and O–H groups in total. The summed E-state index contributed by atoms with van der Waals surface area (Å²) in [6.45, 7) is 7.33. The van der Waals surface area contributed by atoms with Crippen LogP contribution in [0.3, 0.4) is 0 Å². The summed E-state index contributed by atoms with van der Waals surface area (Å²) in [6.07, 6.45) is 13.9. The molecule has 0 aromatic carbocycles. The monoisotopic (exact) mass is 272 g/mol. The molecule has 2 saturated carbocycles. The average molecular weight is 272 g/mol. The molecule has 4 aliphatic rings. The van der Waals surface area contributed by atoms with Crippen molar-refractivity contribution in [2.75, 3.05) is 0 Å². The van der Waals surface area contributed by atoms with Crippen molar-refractivity contribution in [1.29, 1.82) is 0 Å². The van der Waals surface area contributed by atoms with Gasteiger partial charge < -0.3 is 0 Å². The fraction of sp³-hybridized carbons (Fsp3) is 0.850. The number of rotatable bonds is 1. The highest BCUT2D eigenvalue weighted by atomic mass is 14.4. The van der Waals surface area contributed by atoms with Gasteiger partial charge in [-0.05, 0) is 92.1 Å². The van der Waals surface area contributed by atoms with Crippen LogP contribution in [0.15, 0.2) is 17.4 Å². The van der Waals surface area contributed by atoms with Gasteiger partial charge in [-0.15, -0.1) is 5.73 Å². The molecule has 0 aliphatic heterocycles. The maximum Gasteiger partial charge on any atom is -0.0122 e. The fourth-order valence-corrected chi connectivity index (χ4v) is 5.09. The summed E-state index contributed by atoms with van der Waals surface area (Å²) >= 11 is 0. The fourth-order valence-electron chi connectivity index (χ4n) is 5.09. The van der Waals surface area contributed by atoms with Gasteiger partial charge in [-0.2, -0.15) is 0 Å². The van der Waals surface area contributed by atoms with E-state index in [1.807, 2.05) is 0 Å². The van der Waals surface area contributed by atoms with Gasteiger partial charge in [-0.1, -0.05) is 27.2 Å². The Morgan fingerprint density at radius 1 is 1.05 bits per heavy atom. The Kier molecular flexibility index (Phi) is 4.41. The Labute approximate surface area is 125 Å². The van der Waals surface area contributed by atoms with E-state index in [2.05, 4.69) is 32.6 Å². The summed E-state index contributed by atoms with van der Waals surface area (Å²) < 4.78 is 0. The molecule has 0 heterocycles. The topological polar surface area (TPSA) is 0 Å². The molecule has 112 valence electrons. The molecule has 0 spiro atoms. The number of hydrogen-bond acceptors (Lipinski definition) is 0. The molecular weight excluding hydrogens is 240 g/mol. The SMILES string of the molecule is CC[C@@H]1CC2=C=CC(C)C3CCC(CC3)C(C)C[C@@H]2C1. The molecule has 0 nitrogen and oxygen atoms in total. The first-order valence-corrected chi connectivity index (χ1v) is 9.13. The van der Waals surface area contributed by atoms with Gasteiger partial charge in [0.2, 0.25) is 0 Å². The van der Waals surface area contributed by atoms with Gasteiger partial charge in [0.05, 0.1) is 0 Å². The lowest BCUT2D eigenvalue weighted by molar-refractivity contribution is 0.177. The van der Waals surface area contributed by atoms with Crippen molar-refractivity contribution in [2.24, 2.45) is 35.5 Å². The molecule has 2 fully saturated rings. The van der Waals surface area contributed by atoms with Crippen molar-refractivity contribution in [1.82, 2.24) is 0 Å². The first-order valence-electron chi connectivity index (χ1n) is 9.13. The maximum absolute atomic E-state index is 3.79. The van der Waals surface area contributed by atoms with Gasteiger partial charge in [-0.3, -0.25) is 0 Å². The summed E-state index contributed by atoms with van der Waals surface area (Å²) in [5, 5.41) is 0. The van der Waals surface area contributed by atoms with Crippen LogP contribution in [0.2, 0.25) is 0 Å². The second kappa shape index (κ2) is 6.10. The molecule has 2 unspecified atom stereocenters. The van der Waals surface area contributed by atoms with Crippen LogP contribution < -0.4 is 0 Å². The Hall–Kier alpha value is -0.480. The van der Waals surface area contributed by atoms with Crippen LogP contribution in [0.4, 0.5) is 0 Å². The lowest BCUT2D eigenvalue weighted by Crippen LogP contribution is -2.23. The maximum atomic E-state index is 3.79. The predicted molar refractivity (Wildman–Crippen MR) is 86.5 cm³/mol. The second-order valence-corrected chi connectivity index (χ2v) is 7.99. The van der Waals surface area contributed by atoms with Crippen LogP contribution in [0.25, 0.3) is 0 Å². The molecule has 0 saturated heterocycles. The molecule has 4 rings (SSSR count). The molecule has 0 aromatic heterocycles. The Bertz CT molecular complexity index is 390. The molecule has 4 atom stereocenters. The second-order valence-electron chi connectivity index (χ2n) is 7.99. The summed E-state index contributed by atoms with van der Waals surface area (Å²) in [7, 11) is 0. The van der Waals surface area contributed by atoms with Gasteiger partial charge in [-0.25, -0.2) is 0 Å². The van der Waals surface area contributed by atoms with Gasteiger partial charge in [0, 0.05) is 0 Å². The number of fused-ring (bicyclic) bond motifs is 4. The van der Waals surface area contributed by atoms with Crippen LogP contribution in [-0.2, 0) is 0 Å². The van der Waals surface area contributed by atoms with Gasteiger partial charge >= 0.3 is 0 Å². The van der Waals surface area contributed by atoms with Crippen molar-refractivity contribution in [3.8, 4) is 0 Å². The predicted octanol–water partition coefficient (Wildman–Crippen LogP) is 5.99. The molecular formula is C20H32. The smallest absolute Gasteiger partial charge is 0.0122 e. The third-order valence-electron chi connectivity index (χ3n) is 6.75. The van der Waals surface area contributed by atoms with Crippen LogP contribution in [0, 0.1) is 35.5 Å². The first-order chi connectivity index (χ1) is 9.67.